The van der Waals surface area contributed by atoms with E-state index in [1.807, 2.05) is 57.5 Å². The van der Waals surface area contributed by atoms with Crippen LogP contribution in [0.15, 0.2) is 29.8 Å². The molecule has 0 bridgehead atoms. The van der Waals surface area contributed by atoms with E-state index in [0.717, 1.165) is 47.4 Å². The molecule has 1 fully saturated rings. The highest BCUT2D eigenvalue weighted by molar-refractivity contribution is 7.13. The van der Waals surface area contributed by atoms with E-state index in [2.05, 4.69) is 17.2 Å². The molecule has 2 heterocycles. The highest BCUT2D eigenvalue weighted by atomic mass is 32.1. The van der Waals surface area contributed by atoms with Crippen molar-refractivity contribution in [1.29, 1.82) is 0 Å². The molecule has 3 atom stereocenters. The number of ketones is 1. The van der Waals surface area contributed by atoms with Gasteiger partial charge in [-0.3, -0.25) is 14.4 Å². The first-order valence-electron chi connectivity index (χ1n) is 13.8. The van der Waals surface area contributed by atoms with Gasteiger partial charge in [-0.05, 0) is 29.9 Å². The Morgan fingerprint density at radius 2 is 1.87 bits per heavy atom. The van der Waals surface area contributed by atoms with E-state index in [1.165, 1.54) is 4.90 Å². The summed E-state index contributed by atoms with van der Waals surface area (Å²) in [5.74, 6) is -0.951. The van der Waals surface area contributed by atoms with Gasteiger partial charge in [0.15, 0.2) is 0 Å². The molecule has 1 saturated heterocycles. The van der Waals surface area contributed by atoms with Crippen molar-refractivity contribution in [3.8, 4) is 10.4 Å². The number of aryl methyl sites for hydroxylation is 1. The molecule has 2 N–H and O–H groups in total. The fourth-order valence-electron chi connectivity index (χ4n) is 5.01. The molecule has 0 aliphatic carbocycles. The molecule has 208 valence electrons. The van der Waals surface area contributed by atoms with Crippen LogP contribution in [0.1, 0.15) is 83.9 Å². The van der Waals surface area contributed by atoms with E-state index in [9.17, 15) is 19.5 Å². The Hall–Kier alpha value is -2.58. The fourth-order valence-corrected chi connectivity index (χ4v) is 5.82. The largest absolute Gasteiger partial charge is 0.391 e. The number of β-amino-alcohol motifs (C(OH)–C–C–N with tert-alkyl or cyclic N) is 1. The molecule has 0 spiro atoms. The molecular formula is C30H43N3O4S. The van der Waals surface area contributed by atoms with Crippen LogP contribution in [-0.2, 0) is 20.9 Å². The molecule has 8 heteroatoms. The number of likely N-dealkylation sites (tertiary alicyclic amines) is 1. The van der Waals surface area contributed by atoms with Crippen molar-refractivity contribution in [2.45, 2.75) is 98.3 Å². The molecule has 0 radical (unpaired) electrons. The van der Waals surface area contributed by atoms with Crippen LogP contribution >= 0.6 is 11.3 Å². The number of aromatic nitrogens is 1. The number of aliphatic hydroxyl groups is 1. The Morgan fingerprint density at radius 3 is 2.47 bits per heavy atom. The highest BCUT2D eigenvalue weighted by Crippen LogP contribution is 2.34. The summed E-state index contributed by atoms with van der Waals surface area (Å²) in [5, 5.41) is 13.3. The first-order chi connectivity index (χ1) is 18.0. The first kappa shape index (κ1) is 30.0. The van der Waals surface area contributed by atoms with Crippen molar-refractivity contribution in [3.63, 3.8) is 0 Å². The van der Waals surface area contributed by atoms with Crippen LogP contribution < -0.4 is 5.32 Å². The zero-order valence-electron chi connectivity index (χ0n) is 23.5. The molecule has 1 aromatic carbocycles. The molecule has 1 aliphatic rings. The second kappa shape index (κ2) is 13.5. The summed E-state index contributed by atoms with van der Waals surface area (Å²) >= 11 is 1.60. The summed E-state index contributed by atoms with van der Waals surface area (Å²) in [6, 6.07) is 7.24. The Balaban J connectivity index is 1.63. The maximum absolute atomic E-state index is 13.7. The molecule has 38 heavy (non-hydrogen) atoms. The van der Waals surface area contributed by atoms with Gasteiger partial charge in [-0.2, -0.15) is 0 Å². The van der Waals surface area contributed by atoms with E-state index in [1.54, 1.807) is 11.3 Å². The second-order valence-corrected chi connectivity index (χ2v) is 12.4. The lowest BCUT2D eigenvalue weighted by atomic mass is 9.76. The van der Waals surface area contributed by atoms with Crippen molar-refractivity contribution in [3.05, 3.63) is 41.0 Å². The number of rotatable bonds is 12. The first-order valence-corrected chi connectivity index (χ1v) is 14.7. The summed E-state index contributed by atoms with van der Waals surface area (Å²) < 4.78 is 0. The van der Waals surface area contributed by atoms with E-state index < -0.39 is 23.5 Å². The molecule has 0 saturated carbocycles. The van der Waals surface area contributed by atoms with Crippen molar-refractivity contribution in [2.75, 3.05) is 6.54 Å². The number of thiazole rings is 1. The van der Waals surface area contributed by atoms with Crippen LogP contribution in [0.5, 0.6) is 0 Å². The van der Waals surface area contributed by atoms with Gasteiger partial charge in [-0.25, -0.2) is 4.98 Å². The van der Waals surface area contributed by atoms with E-state index >= 15 is 0 Å². The maximum atomic E-state index is 13.7. The van der Waals surface area contributed by atoms with Crippen molar-refractivity contribution < 1.29 is 19.5 Å². The summed E-state index contributed by atoms with van der Waals surface area (Å²) in [5.41, 5.74) is 4.41. The van der Waals surface area contributed by atoms with Gasteiger partial charge in [0.25, 0.3) is 0 Å². The van der Waals surface area contributed by atoms with Crippen LogP contribution in [0.25, 0.3) is 10.4 Å². The lowest BCUT2D eigenvalue weighted by molar-refractivity contribution is -0.146. The molecule has 7 nitrogen and oxygen atoms in total. The monoisotopic (exact) mass is 541 g/mol. The number of unbranched alkanes of at least 4 members (excludes halogenated alkanes) is 3. The SMILES string of the molecule is CCCCCCC(=O)C[C@H](C(=O)N1C[C@H](O)C[C@H]1C(=O)NCc1ccc(-c2scnc2C)cc1)C(C)(C)C. The fraction of sp³-hybridized carbons (Fsp3) is 0.600. The predicted octanol–water partition coefficient (Wildman–Crippen LogP) is 5.29. The third kappa shape index (κ3) is 7.96. The number of carbonyl (C=O) groups excluding carboxylic acids is 3. The van der Waals surface area contributed by atoms with Crippen molar-refractivity contribution >= 4 is 28.9 Å². The van der Waals surface area contributed by atoms with Gasteiger partial charge >= 0.3 is 0 Å². The smallest absolute Gasteiger partial charge is 0.243 e. The summed E-state index contributed by atoms with van der Waals surface area (Å²) in [6.45, 7) is 10.4. The number of carbonyl (C=O) groups is 3. The average Bonchev–Trinajstić information content (AvgIpc) is 3.48. The minimum Gasteiger partial charge on any atom is -0.391 e. The zero-order valence-corrected chi connectivity index (χ0v) is 24.3. The normalized spacial score (nSPS) is 18.4. The Morgan fingerprint density at radius 1 is 1.16 bits per heavy atom. The van der Waals surface area contributed by atoms with Crippen molar-refractivity contribution in [2.24, 2.45) is 11.3 Å². The van der Waals surface area contributed by atoms with Gasteiger partial charge in [0, 0.05) is 38.3 Å². The number of nitrogens with one attached hydrogen (secondary N) is 1. The molecule has 1 aromatic heterocycles. The second-order valence-electron chi connectivity index (χ2n) is 11.5. The van der Waals surface area contributed by atoms with E-state index in [4.69, 9.17) is 0 Å². The summed E-state index contributed by atoms with van der Waals surface area (Å²) in [7, 11) is 0. The summed E-state index contributed by atoms with van der Waals surface area (Å²) in [4.78, 5) is 46.5. The van der Waals surface area contributed by atoms with E-state index in [0.29, 0.717) is 13.0 Å². The van der Waals surface area contributed by atoms with Crippen LogP contribution in [0.3, 0.4) is 0 Å². The molecular weight excluding hydrogens is 498 g/mol. The summed E-state index contributed by atoms with van der Waals surface area (Å²) in [6.07, 6.45) is 4.16. The van der Waals surface area contributed by atoms with Gasteiger partial charge in [0.2, 0.25) is 11.8 Å². The third-order valence-corrected chi connectivity index (χ3v) is 8.36. The molecule has 2 amide bonds. The molecule has 0 unspecified atom stereocenters. The standard InChI is InChI=1S/C30H43N3O4S/c1-6-7-8-9-10-23(34)15-25(30(3,4)5)29(37)33-18-24(35)16-26(33)28(36)31-17-21-11-13-22(14-12-21)27-20(2)32-19-38-27/h11-14,19,24-26,35H,6-10,15-18H2,1-5H3,(H,31,36)/t24-,25-,26+/m1/s1. The van der Waals surface area contributed by atoms with Crippen LogP contribution in [0.2, 0.25) is 0 Å². The van der Waals surface area contributed by atoms with Crippen LogP contribution in [0.4, 0.5) is 0 Å². The minimum absolute atomic E-state index is 0.0899. The number of amides is 2. The number of hydrogen-bond donors (Lipinski definition) is 2. The molecule has 1 aliphatic heterocycles. The van der Waals surface area contributed by atoms with Gasteiger partial charge in [-0.15, -0.1) is 11.3 Å². The maximum Gasteiger partial charge on any atom is 0.243 e. The topological polar surface area (TPSA) is 99.6 Å². The van der Waals surface area contributed by atoms with Gasteiger partial charge < -0.3 is 15.3 Å². The van der Waals surface area contributed by atoms with Gasteiger partial charge in [0.1, 0.15) is 11.8 Å². The zero-order chi connectivity index (χ0) is 27.9. The van der Waals surface area contributed by atoms with E-state index in [-0.39, 0.29) is 37.0 Å². The number of nitrogens with zero attached hydrogens (tertiary/aromatic N) is 2. The quantitative estimate of drug-likeness (QED) is 0.356. The Bertz CT molecular complexity index is 1090. The molecule has 2 aromatic rings. The number of Topliss-reactive ketones (excluding diaryl/α,β-unsaturated/α-hetero) is 1. The number of aliphatic hydroxyl groups excluding tert-OH is 1. The van der Waals surface area contributed by atoms with Crippen LogP contribution in [0, 0.1) is 18.3 Å². The van der Waals surface area contributed by atoms with Gasteiger partial charge in [0.05, 0.1) is 22.2 Å². The third-order valence-electron chi connectivity index (χ3n) is 7.38. The Labute approximate surface area is 231 Å². The van der Waals surface area contributed by atoms with Crippen LogP contribution in [-0.4, -0.2) is 51.3 Å². The number of hydrogen-bond acceptors (Lipinski definition) is 6. The Kier molecular flexibility index (Phi) is 10.6. The molecule has 3 rings (SSSR count). The highest BCUT2D eigenvalue weighted by Gasteiger charge is 2.44. The minimum atomic E-state index is -0.762. The lowest BCUT2D eigenvalue weighted by Gasteiger charge is -2.34. The van der Waals surface area contributed by atoms with Crippen molar-refractivity contribution in [1.82, 2.24) is 15.2 Å². The van der Waals surface area contributed by atoms with Gasteiger partial charge in [-0.1, -0.05) is 71.2 Å². The lowest BCUT2D eigenvalue weighted by Crippen LogP contribution is -2.50. The average molecular weight is 542 g/mol. The number of benzene rings is 1. The predicted molar refractivity (Wildman–Crippen MR) is 152 cm³/mol.